The molecule has 1 aromatic rings. The number of nitro benzene ring substituents is 1. The minimum absolute atomic E-state index is 0.0591. The first-order chi connectivity index (χ1) is 12.3. The fraction of sp³-hybridized carbons (Fsp3) is 0.625. The molecule has 1 aromatic carbocycles. The van der Waals surface area contributed by atoms with Crippen LogP contribution in [0, 0.1) is 16.0 Å². The van der Waals surface area contributed by atoms with Gasteiger partial charge in [-0.05, 0) is 31.2 Å². The molecule has 1 heterocycles. The van der Waals surface area contributed by atoms with Crippen molar-refractivity contribution >= 4 is 15.9 Å². The van der Waals surface area contributed by atoms with E-state index in [0.29, 0.717) is 30.3 Å². The van der Waals surface area contributed by atoms with Crippen LogP contribution in [0.5, 0.6) is 11.5 Å². The Morgan fingerprint density at radius 2 is 1.96 bits per heavy atom. The molecule has 0 amide bonds. The lowest BCUT2D eigenvalue weighted by Gasteiger charge is -2.29. The third-order valence-corrected chi connectivity index (χ3v) is 6.00. The molecule has 0 saturated carbocycles. The van der Waals surface area contributed by atoms with Crippen molar-refractivity contribution in [3.05, 3.63) is 27.8 Å². The van der Waals surface area contributed by atoms with Gasteiger partial charge >= 0.3 is 0 Å². The van der Waals surface area contributed by atoms with Crippen molar-refractivity contribution < 1.29 is 22.8 Å². The van der Waals surface area contributed by atoms with Crippen LogP contribution in [0.4, 0.5) is 5.69 Å². The van der Waals surface area contributed by atoms with Crippen LogP contribution in [0.1, 0.15) is 25.3 Å². The van der Waals surface area contributed by atoms with Gasteiger partial charge < -0.3 is 9.47 Å². The van der Waals surface area contributed by atoms with Crippen molar-refractivity contribution in [1.82, 2.24) is 9.03 Å². The summed E-state index contributed by atoms with van der Waals surface area (Å²) in [5.41, 5.74) is 0.246. The number of nitrogens with zero attached hydrogens (tertiary/aromatic N) is 2. The Morgan fingerprint density at radius 1 is 1.31 bits per heavy atom. The average Bonchev–Trinajstić information content (AvgIpc) is 2.60. The Kier molecular flexibility index (Phi) is 6.79. The van der Waals surface area contributed by atoms with Crippen molar-refractivity contribution in [2.24, 2.45) is 5.92 Å². The van der Waals surface area contributed by atoms with E-state index in [4.69, 9.17) is 9.47 Å². The molecule has 10 heteroatoms. The van der Waals surface area contributed by atoms with Crippen LogP contribution < -0.4 is 14.2 Å². The van der Waals surface area contributed by atoms with Crippen molar-refractivity contribution in [3.63, 3.8) is 0 Å². The lowest BCUT2D eigenvalue weighted by atomic mass is 10.0. The van der Waals surface area contributed by atoms with Crippen LogP contribution in [0.3, 0.4) is 0 Å². The molecule has 1 aliphatic rings. The van der Waals surface area contributed by atoms with E-state index in [1.807, 2.05) is 6.92 Å². The summed E-state index contributed by atoms with van der Waals surface area (Å²) in [7, 11) is -0.754. The van der Waals surface area contributed by atoms with E-state index < -0.39 is 15.1 Å². The predicted octanol–water partition coefficient (Wildman–Crippen LogP) is 1.72. The molecule has 0 spiro atoms. The van der Waals surface area contributed by atoms with Gasteiger partial charge in [0.1, 0.15) is 0 Å². The molecule has 9 nitrogen and oxygen atoms in total. The summed E-state index contributed by atoms with van der Waals surface area (Å²) in [6.07, 6.45) is 2.02. The normalized spacial score (nSPS) is 18.5. The number of methoxy groups -OCH3 is 2. The third kappa shape index (κ3) is 4.83. The second-order valence-electron chi connectivity index (χ2n) is 6.35. The molecule has 0 aliphatic carbocycles. The number of nitrogens with one attached hydrogen (secondary N) is 1. The van der Waals surface area contributed by atoms with Gasteiger partial charge in [-0.2, -0.15) is 12.7 Å². The fourth-order valence-electron chi connectivity index (χ4n) is 3.05. The quantitative estimate of drug-likeness (QED) is 0.537. The van der Waals surface area contributed by atoms with Crippen LogP contribution in [0.2, 0.25) is 0 Å². The van der Waals surface area contributed by atoms with E-state index in [0.717, 1.165) is 12.8 Å². The van der Waals surface area contributed by atoms with Crippen molar-refractivity contribution in [3.8, 4) is 11.5 Å². The molecule has 0 aromatic heterocycles. The maximum absolute atomic E-state index is 12.4. The summed E-state index contributed by atoms with van der Waals surface area (Å²) >= 11 is 0. The Hall–Kier alpha value is -1.91. The number of rotatable bonds is 8. The van der Waals surface area contributed by atoms with Gasteiger partial charge in [-0.25, -0.2) is 4.72 Å². The van der Waals surface area contributed by atoms with Crippen molar-refractivity contribution in [2.75, 3.05) is 33.9 Å². The lowest BCUT2D eigenvalue weighted by Crippen LogP contribution is -2.46. The van der Waals surface area contributed by atoms with Gasteiger partial charge in [0.05, 0.1) is 25.2 Å². The number of ether oxygens (including phenoxy) is 2. The van der Waals surface area contributed by atoms with Crippen molar-refractivity contribution in [1.29, 1.82) is 0 Å². The van der Waals surface area contributed by atoms with E-state index >= 15 is 0 Å². The van der Waals surface area contributed by atoms with Gasteiger partial charge in [0, 0.05) is 25.2 Å². The minimum atomic E-state index is -3.59. The first-order valence-corrected chi connectivity index (χ1v) is 9.86. The predicted molar refractivity (Wildman–Crippen MR) is 96.8 cm³/mol. The van der Waals surface area contributed by atoms with Crippen LogP contribution in [-0.4, -0.2) is 51.5 Å². The van der Waals surface area contributed by atoms with E-state index in [-0.39, 0.29) is 24.4 Å². The second kappa shape index (κ2) is 8.65. The van der Waals surface area contributed by atoms with Gasteiger partial charge in [-0.1, -0.05) is 6.92 Å². The molecule has 1 unspecified atom stereocenters. The maximum Gasteiger partial charge on any atom is 0.279 e. The summed E-state index contributed by atoms with van der Waals surface area (Å²) in [4.78, 5) is 10.8. The van der Waals surface area contributed by atoms with Crippen molar-refractivity contribution in [2.45, 2.75) is 26.2 Å². The van der Waals surface area contributed by atoms with E-state index in [2.05, 4.69) is 4.72 Å². The molecular weight excluding hydrogens is 362 g/mol. The lowest BCUT2D eigenvalue weighted by molar-refractivity contribution is -0.385. The highest BCUT2D eigenvalue weighted by Crippen LogP contribution is 2.34. The van der Waals surface area contributed by atoms with Gasteiger partial charge in [0.25, 0.3) is 15.9 Å². The Balaban J connectivity index is 2.10. The monoisotopic (exact) mass is 387 g/mol. The molecule has 2 rings (SSSR count). The van der Waals surface area contributed by atoms with E-state index in [1.54, 1.807) is 0 Å². The second-order valence-corrected chi connectivity index (χ2v) is 8.10. The Labute approximate surface area is 153 Å². The number of hydrogen-bond acceptors (Lipinski definition) is 6. The number of hydrogen-bond donors (Lipinski definition) is 1. The molecule has 1 atom stereocenters. The molecule has 1 fully saturated rings. The summed E-state index contributed by atoms with van der Waals surface area (Å²) in [6.45, 7) is 3.07. The highest BCUT2D eigenvalue weighted by atomic mass is 32.2. The standard InChI is InChI=1S/C16H25N3O6S/c1-12-5-4-8-18(11-12)26(22,23)17-7-6-13-9-15(24-2)16(25-3)10-14(13)19(20)21/h9-10,12,17H,4-8,11H2,1-3H3. The van der Waals surface area contributed by atoms with E-state index in [1.165, 1.54) is 30.7 Å². The van der Waals surface area contributed by atoms with Gasteiger partial charge in [-0.3, -0.25) is 10.1 Å². The molecule has 0 bridgehead atoms. The molecule has 1 saturated heterocycles. The van der Waals surface area contributed by atoms with Gasteiger partial charge in [0.15, 0.2) is 11.5 Å². The molecular formula is C16H25N3O6S. The minimum Gasteiger partial charge on any atom is -0.493 e. The molecule has 146 valence electrons. The largest absolute Gasteiger partial charge is 0.493 e. The number of benzene rings is 1. The van der Waals surface area contributed by atoms with E-state index in [9.17, 15) is 18.5 Å². The zero-order chi connectivity index (χ0) is 19.3. The van der Waals surface area contributed by atoms with Gasteiger partial charge in [-0.15, -0.1) is 0 Å². The first kappa shape index (κ1) is 20.4. The highest BCUT2D eigenvalue weighted by Gasteiger charge is 2.27. The van der Waals surface area contributed by atoms with Crippen LogP contribution >= 0.6 is 0 Å². The first-order valence-electron chi connectivity index (χ1n) is 8.42. The van der Waals surface area contributed by atoms with Crippen LogP contribution in [-0.2, 0) is 16.6 Å². The summed E-state index contributed by atoms with van der Waals surface area (Å²) in [6, 6.07) is 2.79. The Morgan fingerprint density at radius 3 is 2.54 bits per heavy atom. The molecule has 0 radical (unpaired) electrons. The smallest absolute Gasteiger partial charge is 0.279 e. The topological polar surface area (TPSA) is 111 Å². The molecule has 26 heavy (non-hydrogen) atoms. The molecule has 1 N–H and O–H groups in total. The number of piperidine rings is 1. The zero-order valence-electron chi connectivity index (χ0n) is 15.2. The van der Waals surface area contributed by atoms with Gasteiger partial charge in [0.2, 0.25) is 0 Å². The zero-order valence-corrected chi connectivity index (χ0v) is 16.0. The highest BCUT2D eigenvalue weighted by molar-refractivity contribution is 7.87. The summed E-state index contributed by atoms with van der Waals surface area (Å²) in [5, 5.41) is 11.3. The van der Waals surface area contributed by atoms with Crippen LogP contribution in [0.15, 0.2) is 12.1 Å². The third-order valence-electron chi connectivity index (χ3n) is 4.42. The summed E-state index contributed by atoms with van der Waals surface area (Å²) in [5.74, 6) is 0.943. The Bertz CT molecular complexity index is 753. The molecule has 1 aliphatic heterocycles. The summed E-state index contributed by atoms with van der Waals surface area (Å²) < 4.78 is 39.0. The maximum atomic E-state index is 12.4. The van der Waals surface area contributed by atoms with Crippen LogP contribution in [0.25, 0.3) is 0 Å². The number of nitro groups is 1. The average molecular weight is 387 g/mol. The SMILES string of the molecule is COc1cc(CCNS(=O)(=O)N2CCCC(C)C2)c([N+](=O)[O-])cc1OC. The fourth-order valence-corrected chi connectivity index (χ4v) is 4.41.